The Labute approximate surface area is 164 Å². The van der Waals surface area contributed by atoms with Crippen LogP contribution in [0.1, 0.15) is 66.0 Å². The Morgan fingerprint density at radius 3 is 2.22 bits per heavy atom. The summed E-state index contributed by atoms with van der Waals surface area (Å²) >= 11 is 0. The number of carbonyl (C=O) groups excluding carboxylic acids is 1. The van der Waals surface area contributed by atoms with Crippen molar-refractivity contribution in [2.24, 2.45) is 0 Å². The second kappa shape index (κ2) is 9.07. The average Bonchev–Trinajstić information content (AvgIpc) is 2.57. The molecule has 27 heavy (non-hydrogen) atoms. The highest BCUT2D eigenvalue weighted by atomic mass is 16.6. The largest absolute Gasteiger partial charge is 0.444 e. The van der Waals surface area contributed by atoms with Gasteiger partial charge in [0.1, 0.15) is 5.60 Å². The maximum absolute atomic E-state index is 12.3. The number of rotatable bonds is 5. The molecule has 1 aliphatic rings. The molecule has 1 saturated heterocycles. The van der Waals surface area contributed by atoms with Crippen molar-refractivity contribution in [3.8, 4) is 0 Å². The molecule has 1 aromatic rings. The second-order valence-corrected chi connectivity index (χ2v) is 9.50. The molecular weight excluding hydrogens is 338 g/mol. The smallest absolute Gasteiger partial charge is 0.410 e. The van der Waals surface area contributed by atoms with E-state index in [0.29, 0.717) is 6.04 Å². The molecule has 1 amide bonds. The number of benzene rings is 1. The van der Waals surface area contributed by atoms with Crippen LogP contribution >= 0.6 is 0 Å². The summed E-state index contributed by atoms with van der Waals surface area (Å²) < 4.78 is 5.50. The minimum atomic E-state index is -0.441. The zero-order valence-electron chi connectivity index (χ0n) is 17.8. The van der Waals surface area contributed by atoms with Gasteiger partial charge < -0.3 is 20.3 Å². The van der Waals surface area contributed by atoms with Crippen molar-refractivity contribution >= 4 is 6.09 Å². The lowest BCUT2D eigenvalue weighted by Gasteiger charge is -2.36. The van der Waals surface area contributed by atoms with Crippen LogP contribution in [-0.4, -0.2) is 47.8 Å². The van der Waals surface area contributed by atoms with Crippen LogP contribution in [0.3, 0.4) is 0 Å². The van der Waals surface area contributed by atoms with Crippen molar-refractivity contribution in [2.45, 2.75) is 77.6 Å². The fourth-order valence-corrected chi connectivity index (χ4v) is 3.21. The maximum Gasteiger partial charge on any atom is 0.410 e. The highest BCUT2D eigenvalue weighted by Gasteiger charge is 2.28. The molecule has 152 valence electrons. The van der Waals surface area contributed by atoms with E-state index in [4.69, 9.17) is 4.74 Å². The predicted molar refractivity (Wildman–Crippen MR) is 111 cm³/mol. The Kier molecular flexibility index (Phi) is 7.29. The first-order valence-electron chi connectivity index (χ1n) is 10.1. The number of ether oxygens (including phenoxy) is 1. The Morgan fingerprint density at radius 2 is 1.70 bits per heavy atom. The van der Waals surface area contributed by atoms with Crippen LogP contribution < -0.4 is 10.6 Å². The van der Waals surface area contributed by atoms with Gasteiger partial charge in [0, 0.05) is 37.3 Å². The van der Waals surface area contributed by atoms with Gasteiger partial charge in [-0.05, 0) is 59.9 Å². The first kappa shape index (κ1) is 21.7. The zero-order chi connectivity index (χ0) is 20.1. The first-order chi connectivity index (χ1) is 12.5. The first-order valence-corrected chi connectivity index (χ1v) is 10.1. The van der Waals surface area contributed by atoms with Crippen LogP contribution in [0.4, 0.5) is 4.79 Å². The molecule has 2 N–H and O–H groups in total. The molecule has 1 aromatic carbocycles. The number of hydrogen-bond acceptors (Lipinski definition) is 4. The van der Waals surface area contributed by atoms with Crippen LogP contribution in [0.15, 0.2) is 30.3 Å². The molecule has 0 bridgehead atoms. The normalized spacial score (nSPS) is 17.6. The van der Waals surface area contributed by atoms with Gasteiger partial charge in [-0.2, -0.15) is 0 Å². The van der Waals surface area contributed by atoms with E-state index in [-0.39, 0.29) is 17.7 Å². The van der Waals surface area contributed by atoms with Gasteiger partial charge >= 0.3 is 6.09 Å². The minimum Gasteiger partial charge on any atom is -0.444 e. The lowest BCUT2D eigenvalue weighted by atomic mass is 10.00. The van der Waals surface area contributed by atoms with E-state index in [9.17, 15) is 4.79 Å². The SMILES string of the molecule is CC(C)(C)NC[C@H](NC1CCN(C(=O)OC(C)(C)C)CC1)c1ccccc1. The highest BCUT2D eigenvalue weighted by Crippen LogP contribution is 2.20. The third-order valence-corrected chi connectivity index (χ3v) is 4.62. The Bertz CT molecular complexity index is 582. The topological polar surface area (TPSA) is 53.6 Å². The number of nitrogens with one attached hydrogen (secondary N) is 2. The van der Waals surface area contributed by atoms with Gasteiger partial charge in [0.2, 0.25) is 0 Å². The summed E-state index contributed by atoms with van der Waals surface area (Å²) in [6.45, 7) is 14.6. The summed E-state index contributed by atoms with van der Waals surface area (Å²) in [5.74, 6) is 0. The molecule has 1 heterocycles. The molecule has 2 rings (SSSR count). The molecule has 1 fully saturated rings. The minimum absolute atomic E-state index is 0.0782. The molecule has 0 unspecified atom stereocenters. The van der Waals surface area contributed by atoms with Crippen LogP contribution in [0.25, 0.3) is 0 Å². The number of likely N-dealkylation sites (tertiary alicyclic amines) is 1. The molecule has 1 aliphatic heterocycles. The van der Waals surface area contributed by atoms with E-state index in [1.54, 1.807) is 0 Å². The van der Waals surface area contributed by atoms with Gasteiger partial charge in [-0.25, -0.2) is 4.79 Å². The van der Waals surface area contributed by atoms with Crippen molar-refractivity contribution < 1.29 is 9.53 Å². The quantitative estimate of drug-likeness (QED) is 0.813. The van der Waals surface area contributed by atoms with Crippen molar-refractivity contribution in [1.29, 1.82) is 0 Å². The van der Waals surface area contributed by atoms with Crippen LogP contribution in [0, 0.1) is 0 Å². The van der Waals surface area contributed by atoms with E-state index in [1.165, 1.54) is 5.56 Å². The monoisotopic (exact) mass is 375 g/mol. The molecule has 0 aromatic heterocycles. The summed E-state index contributed by atoms with van der Waals surface area (Å²) in [4.78, 5) is 14.1. The van der Waals surface area contributed by atoms with Crippen molar-refractivity contribution in [3.05, 3.63) is 35.9 Å². The number of amides is 1. The van der Waals surface area contributed by atoms with Crippen LogP contribution in [0.2, 0.25) is 0 Å². The summed E-state index contributed by atoms with van der Waals surface area (Å²) in [6, 6.07) is 11.2. The van der Waals surface area contributed by atoms with E-state index < -0.39 is 5.60 Å². The van der Waals surface area contributed by atoms with Gasteiger partial charge in [-0.1, -0.05) is 30.3 Å². The molecule has 5 heteroatoms. The van der Waals surface area contributed by atoms with Crippen LogP contribution in [-0.2, 0) is 4.74 Å². The van der Waals surface area contributed by atoms with E-state index in [0.717, 1.165) is 32.5 Å². The molecule has 0 saturated carbocycles. The van der Waals surface area contributed by atoms with Gasteiger partial charge in [-0.15, -0.1) is 0 Å². The third kappa shape index (κ3) is 7.89. The highest BCUT2D eigenvalue weighted by molar-refractivity contribution is 5.68. The van der Waals surface area contributed by atoms with E-state index in [2.05, 4.69) is 61.7 Å². The Morgan fingerprint density at radius 1 is 1.11 bits per heavy atom. The number of hydrogen-bond donors (Lipinski definition) is 2. The summed E-state index contributed by atoms with van der Waals surface area (Å²) in [5.41, 5.74) is 0.932. The van der Waals surface area contributed by atoms with E-state index >= 15 is 0 Å². The van der Waals surface area contributed by atoms with Gasteiger partial charge in [0.05, 0.1) is 0 Å². The Balaban J connectivity index is 1.92. The number of piperidine rings is 1. The fourth-order valence-electron chi connectivity index (χ4n) is 3.21. The van der Waals surface area contributed by atoms with Crippen LogP contribution in [0.5, 0.6) is 0 Å². The summed E-state index contributed by atoms with van der Waals surface area (Å²) in [7, 11) is 0. The molecule has 0 radical (unpaired) electrons. The molecule has 5 nitrogen and oxygen atoms in total. The molecular formula is C22H37N3O2. The number of carbonyl (C=O) groups is 1. The van der Waals surface area contributed by atoms with Crippen molar-refractivity contribution in [2.75, 3.05) is 19.6 Å². The maximum atomic E-state index is 12.3. The third-order valence-electron chi connectivity index (χ3n) is 4.62. The van der Waals surface area contributed by atoms with Crippen molar-refractivity contribution in [3.63, 3.8) is 0 Å². The molecule has 0 spiro atoms. The summed E-state index contributed by atoms with van der Waals surface area (Å²) in [5, 5.41) is 7.43. The fraction of sp³-hybridized carbons (Fsp3) is 0.682. The number of nitrogens with zero attached hydrogens (tertiary/aromatic N) is 1. The second-order valence-electron chi connectivity index (χ2n) is 9.50. The molecule has 0 aliphatic carbocycles. The van der Waals surface area contributed by atoms with Crippen molar-refractivity contribution in [1.82, 2.24) is 15.5 Å². The summed E-state index contributed by atoms with van der Waals surface area (Å²) in [6.07, 6.45) is 1.69. The molecule has 1 atom stereocenters. The predicted octanol–water partition coefficient (Wildman–Crippen LogP) is 4.10. The lowest BCUT2D eigenvalue weighted by molar-refractivity contribution is 0.0195. The van der Waals surface area contributed by atoms with Gasteiger partial charge in [-0.3, -0.25) is 0 Å². The Hall–Kier alpha value is -1.59. The lowest BCUT2D eigenvalue weighted by Crippen LogP contribution is -2.49. The van der Waals surface area contributed by atoms with E-state index in [1.807, 2.05) is 25.7 Å². The zero-order valence-corrected chi connectivity index (χ0v) is 17.8. The van der Waals surface area contributed by atoms with Gasteiger partial charge in [0.15, 0.2) is 0 Å². The average molecular weight is 376 g/mol. The standard InChI is InChI=1S/C22H37N3O2/c1-21(2,3)23-16-19(17-10-8-7-9-11-17)24-18-12-14-25(15-13-18)20(26)27-22(4,5)6/h7-11,18-19,23-24H,12-16H2,1-6H3/t19-/m0/s1. The van der Waals surface area contributed by atoms with Gasteiger partial charge in [0.25, 0.3) is 0 Å².